The first kappa shape index (κ1) is 16.8. The van der Waals surface area contributed by atoms with E-state index in [0.717, 1.165) is 60.9 Å². The second-order valence-corrected chi connectivity index (χ2v) is 9.21. The molecular formula is C22H27N3O3. The maximum absolute atomic E-state index is 12.8. The van der Waals surface area contributed by atoms with Crippen LogP contribution < -0.4 is 5.32 Å². The maximum Gasteiger partial charge on any atom is 0.287 e. The summed E-state index contributed by atoms with van der Waals surface area (Å²) >= 11 is 0. The van der Waals surface area contributed by atoms with Crippen LogP contribution in [0.1, 0.15) is 66.0 Å². The molecule has 3 fully saturated rings. The monoisotopic (exact) mass is 381 g/mol. The van der Waals surface area contributed by atoms with Crippen molar-refractivity contribution in [3.63, 3.8) is 0 Å². The quantitative estimate of drug-likeness (QED) is 0.862. The Morgan fingerprint density at radius 1 is 1.36 bits per heavy atom. The Kier molecular flexibility index (Phi) is 3.58. The lowest BCUT2D eigenvalue weighted by atomic mass is 9.82. The van der Waals surface area contributed by atoms with Gasteiger partial charge in [0.1, 0.15) is 5.76 Å². The van der Waals surface area contributed by atoms with Crippen LogP contribution in [0.5, 0.6) is 0 Å². The summed E-state index contributed by atoms with van der Waals surface area (Å²) in [6.45, 7) is 4.36. The van der Waals surface area contributed by atoms with Gasteiger partial charge in [0.25, 0.3) is 5.91 Å². The molecule has 0 bridgehead atoms. The van der Waals surface area contributed by atoms with Gasteiger partial charge in [0, 0.05) is 54.4 Å². The van der Waals surface area contributed by atoms with E-state index in [-0.39, 0.29) is 17.4 Å². The van der Waals surface area contributed by atoms with Crippen molar-refractivity contribution in [3.05, 3.63) is 28.8 Å². The molecule has 1 N–H and O–H groups in total. The number of nitrogens with one attached hydrogen (secondary N) is 1. The molecule has 1 saturated heterocycles. The first-order chi connectivity index (χ1) is 13.6. The molecule has 1 spiro atoms. The Hall–Kier alpha value is -2.08. The molecule has 2 aromatic rings. The number of carbonyl (C=O) groups excluding carboxylic acids is 1. The molecule has 148 valence electrons. The van der Waals surface area contributed by atoms with E-state index in [4.69, 9.17) is 14.3 Å². The zero-order chi connectivity index (χ0) is 18.9. The van der Waals surface area contributed by atoms with Gasteiger partial charge in [0.15, 0.2) is 5.76 Å². The van der Waals surface area contributed by atoms with E-state index in [0.29, 0.717) is 12.3 Å². The van der Waals surface area contributed by atoms with Gasteiger partial charge in [-0.3, -0.25) is 9.48 Å². The molecule has 1 amide bonds. The van der Waals surface area contributed by atoms with Crippen molar-refractivity contribution < 1.29 is 13.9 Å². The predicted octanol–water partition coefficient (Wildman–Crippen LogP) is 3.36. The molecule has 6 heteroatoms. The van der Waals surface area contributed by atoms with Gasteiger partial charge in [-0.05, 0) is 51.4 Å². The van der Waals surface area contributed by atoms with Crippen LogP contribution in [-0.2, 0) is 23.1 Å². The van der Waals surface area contributed by atoms with Gasteiger partial charge in [-0.2, -0.15) is 5.10 Å². The molecule has 6 rings (SSSR count). The molecule has 2 aromatic heterocycles. The van der Waals surface area contributed by atoms with Crippen molar-refractivity contribution in [1.82, 2.24) is 15.1 Å². The van der Waals surface area contributed by atoms with Crippen LogP contribution in [0.3, 0.4) is 0 Å². The van der Waals surface area contributed by atoms with Crippen LogP contribution >= 0.6 is 0 Å². The number of hydrogen-bond donors (Lipinski definition) is 1. The van der Waals surface area contributed by atoms with Crippen molar-refractivity contribution in [1.29, 1.82) is 0 Å². The summed E-state index contributed by atoms with van der Waals surface area (Å²) in [6.07, 6.45) is 10.4. The van der Waals surface area contributed by atoms with Crippen molar-refractivity contribution in [2.45, 2.75) is 69.9 Å². The second kappa shape index (κ2) is 5.96. The molecule has 1 aliphatic heterocycles. The van der Waals surface area contributed by atoms with E-state index in [9.17, 15) is 4.79 Å². The Balaban J connectivity index is 1.31. The maximum atomic E-state index is 12.8. The van der Waals surface area contributed by atoms with Crippen molar-refractivity contribution in [2.75, 3.05) is 13.2 Å². The lowest BCUT2D eigenvalue weighted by Gasteiger charge is -2.19. The fourth-order valence-electron chi connectivity index (χ4n) is 4.97. The van der Waals surface area contributed by atoms with Gasteiger partial charge in [-0.15, -0.1) is 0 Å². The lowest BCUT2D eigenvalue weighted by Crippen LogP contribution is -2.31. The molecule has 1 atom stereocenters. The molecule has 0 radical (unpaired) electrons. The van der Waals surface area contributed by atoms with Gasteiger partial charge in [-0.1, -0.05) is 0 Å². The third kappa shape index (κ3) is 2.65. The number of hydrogen-bond acceptors (Lipinski definition) is 4. The molecule has 0 unspecified atom stereocenters. The van der Waals surface area contributed by atoms with Crippen molar-refractivity contribution in [2.24, 2.45) is 5.92 Å². The van der Waals surface area contributed by atoms with E-state index in [1.54, 1.807) is 0 Å². The van der Waals surface area contributed by atoms with Crippen LogP contribution in [0, 0.1) is 12.8 Å². The number of fused-ring (bicyclic) bond motifs is 4. The van der Waals surface area contributed by atoms with E-state index in [1.165, 1.54) is 31.2 Å². The van der Waals surface area contributed by atoms with Crippen molar-refractivity contribution >= 4 is 5.91 Å². The third-order valence-corrected chi connectivity index (χ3v) is 7.00. The number of ether oxygens (including phenoxy) is 1. The molecule has 28 heavy (non-hydrogen) atoms. The van der Waals surface area contributed by atoms with Crippen molar-refractivity contribution in [3.8, 4) is 11.3 Å². The van der Waals surface area contributed by atoms with Crippen LogP contribution in [-0.4, -0.2) is 34.9 Å². The Morgan fingerprint density at radius 2 is 2.21 bits per heavy atom. The van der Waals surface area contributed by atoms with E-state index < -0.39 is 0 Å². The van der Waals surface area contributed by atoms with Crippen LogP contribution in [0.25, 0.3) is 11.3 Å². The van der Waals surface area contributed by atoms with E-state index in [1.807, 2.05) is 6.92 Å². The number of carbonyl (C=O) groups is 1. The highest BCUT2D eigenvalue weighted by Gasteiger charge is 2.52. The lowest BCUT2D eigenvalue weighted by molar-refractivity contribution is 0.0833. The molecule has 4 aliphatic rings. The minimum atomic E-state index is -0.133. The van der Waals surface area contributed by atoms with E-state index >= 15 is 0 Å². The molecule has 3 aliphatic carbocycles. The normalized spacial score (nSPS) is 24.2. The van der Waals surface area contributed by atoms with Crippen LogP contribution in [0.2, 0.25) is 0 Å². The predicted molar refractivity (Wildman–Crippen MR) is 103 cm³/mol. The van der Waals surface area contributed by atoms with Gasteiger partial charge < -0.3 is 14.5 Å². The summed E-state index contributed by atoms with van der Waals surface area (Å²) in [5.41, 5.74) is 4.60. The highest BCUT2D eigenvalue weighted by Crippen LogP contribution is 2.58. The molecule has 3 heterocycles. The number of aromatic nitrogens is 2. The van der Waals surface area contributed by atoms with Gasteiger partial charge >= 0.3 is 0 Å². The number of rotatable bonds is 5. The largest absolute Gasteiger partial charge is 0.455 e. The summed E-state index contributed by atoms with van der Waals surface area (Å²) in [4.78, 5) is 12.8. The molecule has 0 aromatic carbocycles. The van der Waals surface area contributed by atoms with Crippen LogP contribution in [0.15, 0.2) is 10.6 Å². The van der Waals surface area contributed by atoms with E-state index in [2.05, 4.69) is 16.2 Å². The van der Waals surface area contributed by atoms with Gasteiger partial charge in [0.05, 0.1) is 11.8 Å². The average molecular weight is 381 g/mol. The second-order valence-electron chi connectivity index (χ2n) is 9.21. The zero-order valence-corrected chi connectivity index (χ0v) is 16.4. The smallest absolute Gasteiger partial charge is 0.287 e. The number of nitrogens with zero attached hydrogens (tertiary/aromatic N) is 2. The fourth-order valence-corrected chi connectivity index (χ4v) is 4.97. The third-order valence-electron chi connectivity index (χ3n) is 7.00. The Morgan fingerprint density at radius 3 is 2.93 bits per heavy atom. The van der Waals surface area contributed by atoms with Gasteiger partial charge in [-0.25, -0.2) is 0 Å². The highest BCUT2D eigenvalue weighted by atomic mass is 16.5. The SMILES string of the molecule is Cc1c(C(=O)NC[C@@H]2CCCO2)oc2c1-c1nn(CC3CC3)cc1C1(CC1)C2. The fraction of sp³-hybridized carbons (Fsp3) is 0.636. The minimum absolute atomic E-state index is 0.133. The summed E-state index contributed by atoms with van der Waals surface area (Å²) in [5, 5.41) is 7.96. The topological polar surface area (TPSA) is 69.3 Å². The van der Waals surface area contributed by atoms with Crippen LogP contribution in [0.4, 0.5) is 0 Å². The zero-order valence-electron chi connectivity index (χ0n) is 16.4. The number of furan rings is 1. The first-order valence-corrected chi connectivity index (χ1v) is 10.7. The summed E-state index contributed by atoms with van der Waals surface area (Å²) in [5.74, 6) is 2.05. The highest BCUT2D eigenvalue weighted by molar-refractivity contribution is 5.95. The summed E-state index contributed by atoms with van der Waals surface area (Å²) in [7, 11) is 0. The average Bonchev–Trinajstić information content (AvgIpc) is 3.48. The first-order valence-electron chi connectivity index (χ1n) is 10.7. The number of amides is 1. The Labute approximate surface area is 164 Å². The standard InChI is InChI=1S/C22H27N3O3/c1-13-18-17(28-20(13)21(26)23-10-15-3-2-8-27-15)9-22(6-7-22)16-12-25(24-19(16)18)11-14-4-5-14/h12,14-15H,2-11H2,1H3,(H,23,26)/t15-/m0/s1. The molecular weight excluding hydrogens is 354 g/mol. The minimum Gasteiger partial charge on any atom is -0.455 e. The summed E-state index contributed by atoms with van der Waals surface area (Å²) in [6, 6.07) is 0. The van der Waals surface area contributed by atoms with Gasteiger partial charge in [0.2, 0.25) is 0 Å². The molecule has 6 nitrogen and oxygen atoms in total. The molecule has 2 saturated carbocycles. The summed E-state index contributed by atoms with van der Waals surface area (Å²) < 4.78 is 13.9. The Bertz CT molecular complexity index is 943.